The average Bonchev–Trinajstić information content (AvgIpc) is 2.89. The molecule has 0 unspecified atom stereocenters. The van der Waals surface area contributed by atoms with Crippen LogP contribution < -0.4 is 20.2 Å². The lowest BCUT2D eigenvalue weighted by molar-refractivity contribution is -0.124. The van der Waals surface area contributed by atoms with E-state index in [0.717, 1.165) is 11.4 Å². The minimum absolute atomic E-state index is 0.0711. The minimum atomic E-state index is -0.300. The standard InChI is InChI=1S/C18H27N5O3S/c1-6-25-15-9-13(10-19-23-12(2)21-22-17(23)27)7-8-14(15)26-11-16(24)20-18(3,4)5/h7-9,19H,6,10-11H2,1-5H3,(H,20,24)(H,22,27). The van der Waals surface area contributed by atoms with Crippen molar-refractivity contribution in [3.8, 4) is 11.5 Å². The molecule has 1 aromatic heterocycles. The van der Waals surface area contributed by atoms with E-state index >= 15 is 0 Å². The summed E-state index contributed by atoms with van der Waals surface area (Å²) >= 11 is 5.17. The first-order valence-corrected chi connectivity index (χ1v) is 9.18. The number of hydrogen-bond acceptors (Lipinski definition) is 6. The van der Waals surface area contributed by atoms with Crippen LogP contribution in [-0.4, -0.2) is 39.5 Å². The zero-order chi connectivity index (χ0) is 20.0. The lowest BCUT2D eigenvalue weighted by Crippen LogP contribution is -2.43. The zero-order valence-corrected chi connectivity index (χ0v) is 17.2. The molecular weight excluding hydrogens is 366 g/mol. The van der Waals surface area contributed by atoms with Gasteiger partial charge in [-0.3, -0.25) is 9.89 Å². The lowest BCUT2D eigenvalue weighted by Gasteiger charge is -2.21. The maximum absolute atomic E-state index is 12.0. The highest BCUT2D eigenvalue weighted by atomic mass is 32.1. The number of aryl methyl sites for hydroxylation is 1. The molecule has 0 spiro atoms. The zero-order valence-electron chi connectivity index (χ0n) is 16.4. The SMILES string of the molecule is CCOc1cc(CNn2c(C)n[nH]c2=S)ccc1OCC(=O)NC(C)(C)C. The highest BCUT2D eigenvalue weighted by Crippen LogP contribution is 2.28. The molecule has 9 heteroatoms. The summed E-state index contributed by atoms with van der Waals surface area (Å²) in [7, 11) is 0. The topological polar surface area (TPSA) is 93.2 Å². The normalized spacial score (nSPS) is 11.1. The number of benzene rings is 1. The van der Waals surface area contributed by atoms with Gasteiger partial charge in [0.05, 0.1) is 13.2 Å². The second kappa shape index (κ2) is 8.90. The van der Waals surface area contributed by atoms with E-state index in [1.54, 1.807) is 10.7 Å². The minimum Gasteiger partial charge on any atom is -0.490 e. The number of nitrogens with zero attached hydrogens (tertiary/aromatic N) is 2. The van der Waals surface area contributed by atoms with E-state index in [1.165, 1.54) is 0 Å². The number of ether oxygens (including phenoxy) is 2. The highest BCUT2D eigenvalue weighted by Gasteiger charge is 2.15. The van der Waals surface area contributed by atoms with Gasteiger partial charge >= 0.3 is 0 Å². The van der Waals surface area contributed by atoms with Crippen LogP contribution in [0.3, 0.4) is 0 Å². The monoisotopic (exact) mass is 393 g/mol. The predicted molar refractivity (Wildman–Crippen MR) is 106 cm³/mol. The van der Waals surface area contributed by atoms with Crippen LogP contribution in [0, 0.1) is 11.7 Å². The summed E-state index contributed by atoms with van der Waals surface area (Å²) in [6.45, 7) is 10.5. The van der Waals surface area contributed by atoms with Crippen molar-refractivity contribution in [2.24, 2.45) is 0 Å². The van der Waals surface area contributed by atoms with Gasteiger partial charge < -0.3 is 20.2 Å². The molecule has 0 bridgehead atoms. The number of carbonyl (C=O) groups is 1. The van der Waals surface area contributed by atoms with Crippen molar-refractivity contribution in [3.63, 3.8) is 0 Å². The fourth-order valence-electron chi connectivity index (χ4n) is 2.38. The molecule has 0 aliphatic heterocycles. The summed E-state index contributed by atoms with van der Waals surface area (Å²) in [5.74, 6) is 1.68. The van der Waals surface area contributed by atoms with Crippen LogP contribution in [0.2, 0.25) is 0 Å². The van der Waals surface area contributed by atoms with Crippen LogP contribution in [-0.2, 0) is 11.3 Å². The molecule has 0 radical (unpaired) electrons. The summed E-state index contributed by atoms with van der Waals surface area (Å²) < 4.78 is 13.5. The molecule has 2 rings (SSSR count). The molecule has 8 nitrogen and oxygen atoms in total. The fraction of sp³-hybridized carbons (Fsp3) is 0.500. The van der Waals surface area contributed by atoms with Crippen molar-refractivity contribution >= 4 is 18.1 Å². The van der Waals surface area contributed by atoms with Gasteiger partial charge in [-0.15, -0.1) is 0 Å². The number of H-pyrrole nitrogens is 1. The number of aromatic amines is 1. The Kier molecular flexibility index (Phi) is 6.84. The van der Waals surface area contributed by atoms with Crippen LogP contribution in [0.1, 0.15) is 39.1 Å². The third-order valence-corrected chi connectivity index (χ3v) is 3.74. The van der Waals surface area contributed by atoms with Crippen molar-refractivity contribution in [2.45, 2.75) is 46.7 Å². The molecule has 148 valence electrons. The number of hydrogen-bond donors (Lipinski definition) is 3. The Morgan fingerprint density at radius 1 is 1.30 bits per heavy atom. The van der Waals surface area contributed by atoms with E-state index in [-0.39, 0.29) is 18.1 Å². The maximum atomic E-state index is 12.0. The van der Waals surface area contributed by atoms with E-state index in [2.05, 4.69) is 20.9 Å². The van der Waals surface area contributed by atoms with E-state index in [0.29, 0.717) is 29.4 Å². The molecule has 1 aromatic carbocycles. The molecule has 0 saturated carbocycles. The van der Waals surface area contributed by atoms with Gasteiger partial charge in [0, 0.05) is 5.54 Å². The number of carbonyl (C=O) groups excluding carboxylic acids is 1. The molecular formula is C18H27N5O3S. The van der Waals surface area contributed by atoms with E-state index in [9.17, 15) is 4.79 Å². The third kappa shape index (κ3) is 6.28. The largest absolute Gasteiger partial charge is 0.490 e. The lowest BCUT2D eigenvalue weighted by atomic mass is 10.1. The molecule has 27 heavy (non-hydrogen) atoms. The number of aromatic nitrogens is 3. The Balaban J connectivity index is 2.04. The Bertz CT molecular complexity index is 838. The smallest absolute Gasteiger partial charge is 0.258 e. The number of amides is 1. The van der Waals surface area contributed by atoms with Gasteiger partial charge in [-0.1, -0.05) is 6.07 Å². The Labute approximate surface area is 164 Å². The van der Waals surface area contributed by atoms with Crippen molar-refractivity contribution < 1.29 is 14.3 Å². The van der Waals surface area contributed by atoms with Gasteiger partial charge in [0.15, 0.2) is 18.1 Å². The van der Waals surface area contributed by atoms with Gasteiger partial charge in [-0.05, 0) is 64.5 Å². The third-order valence-electron chi connectivity index (χ3n) is 3.46. The maximum Gasteiger partial charge on any atom is 0.258 e. The second-order valence-electron chi connectivity index (χ2n) is 7.05. The fourth-order valence-corrected chi connectivity index (χ4v) is 2.62. The summed E-state index contributed by atoms with van der Waals surface area (Å²) in [6.07, 6.45) is 0. The van der Waals surface area contributed by atoms with Gasteiger partial charge in [-0.2, -0.15) is 5.10 Å². The van der Waals surface area contributed by atoms with Crippen molar-refractivity contribution in [1.82, 2.24) is 20.2 Å². The van der Waals surface area contributed by atoms with Crippen molar-refractivity contribution in [1.29, 1.82) is 0 Å². The van der Waals surface area contributed by atoms with Crippen LogP contribution in [0.4, 0.5) is 0 Å². The summed E-state index contributed by atoms with van der Waals surface area (Å²) in [6, 6.07) is 5.59. The Hall–Kier alpha value is -2.55. The van der Waals surface area contributed by atoms with Crippen LogP contribution in [0.15, 0.2) is 18.2 Å². The first-order valence-electron chi connectivity index (χ1n) is 8.77. The molecule has 3 N–H and O–H groups in total. The van der Waals surface area contributed by atoms with Crippen molar-refractivity contribution in [2.75, 3.05) is 18.6 Å². The summed E-state index contributed by atoms with van der Waals surface area (Å²) in [4.78, 5) is 12.0. The van der Waals surface area contributed by atoms with Crippen LogP contribution in [0.25, 0.3) is 0 Å². The first-order chi connectivity index (χ1) is 12.7. The molecule has 1 amide bonds. The van der Waals surface area contributed by atoms with E-state index < -0.39 is 0 Å². The van der Waals surface area contributed by atoms with E-state index in [4.69, 9.17) is 21.7 Å². The van der Waals surface area contributed by atoms with E-state index in [1.807, 2.05) is 46.8 Å². The predicted octanol–water partition coefficient (Wildman–Crippen LogP) is 2.69. The van der Waals surface area contributed by atoms with Gasteiger partial charge in [0.2, 0.25) is 4.77 Å². The van der Waals surface area contributed by atoms with Gasteiger partial charge in [0.1, 0.15) is 5.82 Å². The van der Waals surface area contributed by atoms with Gasteiger partial charge in [0.25, 0.3) is 5.91 Å². The first kappa shape index (κ1) is 20.8. The van der Waals surface area contributed by atoms with Crippen LogP contribution >= 0.6 is 12.2 Å². The quantitative estimate of drug-likeness (QED) is 0.597. The second-order valence-corrected chi connectivity index (χ2v) is 7.43. The average molecular weight is 394 g/mol. The van der Waals surface area contributed by atoms with Gasteiger partial charge in [-0.25, -0.2) is 4.68 Å². The summed E-state index contributed by atoms with van der Waals surface area (Å²) in [5, 5.41) is 9.65. The van der Waals surface area contributed by atoms with Crippen LogP contribution in [0.5, 0.6) is 11.5 Å². The molecule has 1 heterocycles. The molecule has 0 atom stereocenters. The summed E-state index contributed by atoms with van der Waals surface area (Å²) in [5.41, 5.74) is 3.88. The molecule has 2 aromatic rings. The Morgan fingerprint density at radius 3 is 2.63 bits per heavy atom. The molecule has 0 aliphatic carbocycles. The molecule has 0 saturated heterocycles. The highest BCUT2D eigenvalue weighted by molar-refractivity contribution is 7.71. The molecule has 0 fully saturated rings. The number of nitrogens with one attached hydrogen (secondary N) is 3. The molecule has 0 aliphatic rings. The number of rotatable bonds is 8. The van der Waals surface area contributed by atoms with Crippen molar-refractivity contribution in [3.05, 3.63) is 34.4 Å². The Morgan fingerprint density at radius 2 is 2.04 bits per heavy atom.